The smallest absolute Gasteiger partial charge is 0.305 e. The highest BCUT2D eigenvalue weighted by atomic mass is 16.6. The van der Waals surface area contributed by atoms with Crippen LogP contribution >= 0.6 is 0 Å². The zero-order valence-corrected chi connectivity index (χ0v) is 46.9. The molecule has 0 unspecified atom stereocenters. The second-order valence-corrected chi connectivity index (χ2v) is 15.5. The van der Waals surface area contributed by atoms with Crippen LogP contribution in [0.1, 0.15) is 6.42 Å². The summed E-state index contributed by atoms with van der Waals surface area (Å²) in [6, 6.07) is 0. The summed E-state index contributed by atoms with van der Waals surface area (Å²) < 4.78 is 131. The molecule has 0 aliphatic carbocycles. The van der Waals surface area contributed by atoms with Crippen LogP contribution in [0, 0.1) is 12.3 Å². The van der Waals surface area contributed by atoms with E-state index in [4.69, 9.17) is 125 Å². The molecule has 0 aromatic heterocycles. The normalized spacial score (nSPS) is 11.6. The molecule has 26 heteroatoms. The van der Waals surface area contributed by atoms with E-state index < -0.39 is 5.97 Å². The van der Waals surface area contributed by atoms with E-state index >= 15 is 0 Å². The highest BCUT2D eigenvalue weighted by Crippen LogP contribution is 1.91. The van der Waals surface area contributed by atoms with E-state index in [9.17, 15) is 4.79 Å². The highest BCUT2D eigenvalue weighted by Gasteiger charge is 2.01. The summed E-state index contributed by atoms with van der Waals surface area (Å²) in [4.78, 5) is 10.4. The molecule has 0 heterocycles. The van der Waals surface area contributed by atoms with E-state index in [1.54, 1.807) is 0 Å². The molecule has 0 spiro atoms. The van der Waals surface area contributed by atoms with Crippen LogP contribution in [-0.4, -0.2) is 328 Å². The Labute approximate surface area is 464 Å². The van der Waals surface area contributed by atoms with Gasteiger partial charge < -0.3 is 119 Å². The van der Waals surface area contributed by atoms with Gasteiger partial charge in [0.05, 0.1) is 317 Å². The summed E-state index contributed by atoms with van der Waals surface area (Å²) in [5, 5.41) is 8.52. The number of rotatable bonds is 73. The number of carbonyl (C=O) groups is 1. The maximum absolute atomic E-state index is 10.4. The molecule has 1 N–H and O–H groups in total. The summed E-state index contributed by atoms with van der Waals surface area (Å²) in [6.45, 7) is 22.4. The number of aliphatic carboxylic acids is 1. The second-order valence-electron chi connectivity index (χ2n) is 15.5. The Morgan fingerprint density at radius 1 is 0.205 bits per heavy atom. The van der Waals surface area contributed by atoms with Crippen molar-refractivity contribution in [2.75, 3.05) is 317 Å². The predicted octanol–water partition coefficient (Wildman–Crippen LogP) is 0.493. The maximum Gasteiger partial charge on any atom is 0.305 e. The van der Waals surface area contributed by atoms with Crippen LogP contribution in [0.2, 0.25) is 0 Å². The molecule has 0 aliphatic rings. The lowest BCUT2D eigenvalue weighted by Crippen LogP contribution is -2.16. The first kappa shape index (κ1) is 76.1. The standard InChI is InChI=1S/C52H100O26/c1-2-4-55-6-8-57-10-12-59-14-16-61-18-20-63-22-24-65-26-28-67-30-32-69-34-36-71-38-40-73-42-44-75-46-48-77-50-51-78-49-47-76-45-43-74-41-39-72-37-35-70-33-31-68-29-27-66-25-23-64-21-19-62-17-15-60-13-11-58-9-7-56-5-3-52(53)54/h1H,3-51H2,(H,53,54). The zero-order valence-electron chi connectivity index (χ0n) is 46.9. The van der Waals surface area contributed by atoms with Crippen molar-refractivity contribution in [3.63, 3.8) is 0 Å². The molecule has 26 nitrogen and oxygen atoms in total. The fourth-order valence-electron chi connectivity index (χ4n) is 5.35. The van der Waals surface area contributed by atoms with Crippen molar-refractivity contribution < 1.29 is 124 Å². The molecule has 0 bridgehead atoms. The molecule has 0 aromatic carbocycles. The number of carboxylic acid groups (broad SMARTS) is 1. The monoisotopic (exact) mass is 1140 g/mol. The zero-order chi connectivity index (χ0) is 55.9. The molecular weight excluding hydrogens is 1040 g/mol. The van der Waals surface area contributed by atoms with Crippen molar-refractivity contribution in [1.29, 1.82) is 0 Å². The van der Waals surface area contributed by atoms with E-state index in [2.05, 4.69) is 5.92 Å². The molecule has 464 valence electrons. The molecule has 0 amide bonds. The number of terminal acetylenes is 1. The predicted molar refractivity (Wildman–Crippen MR) is 281 cm³/mol. The van der Waals surface area contributed by atoms with E-state index in [-0.39, 0.29) is 13.0 Å². The largest absolute Gasteiger partial charge is 0.481 e. The first-order valence-corrected chi connectivity index (χ1v) is 27.3. The van der Waals surface area contributed by atoms with Crippen molar-refractivity contribution in [2.24, 2.45) is 0 Å². The van der Waals surface area contributed by atoms with Crippen molar-refractivity contribution in [2.45, 2.75) is 6.42 Å². The van der Waals surface area contributed by atoms with E-state index in [0.717, 1.165) is 0 Å². The van der Waals surface area contributed by atoms with Crippen LogP contribution < -0.4 is 0 Å². The lowest BCUT2D eigenvalue weighted by Gasteiger charge is -2.09. The van der Waals surface area contributed by atoms with E-state index in [1.807, 2.05) is 0 Å². The van der Waals surface area contributed by atoms with Gasteiger partial charge in [-0.1, -0.05) is 5.92 Å². The van der Waals surface area contributed by atoms with Crippen molar-refractivity contribution in [3.05, 3.63) is 0 Å². The quantitative estimate of drug-likeness (QED) is 0.0642. The second kappa shape index (κ2) is 73.1. The van der Waals surface area contributed by atoms with Crippen LogP contribution in [0.25, 0.3) is 0 Å². The molecule has 0 rings (SSSR count). The van der Waals surface area contributed by atoms with Crippen LogP contribution in [0.15, 0.2) is 0 Å². The first-order valence-electron chi connectivity index (χ1n) is 27.3. The fraction of sp³-hybridized carbons (Fsp3) is 0.942. The van der Waals surface area contributed by atoms with Crippen LogP contribution in [-0.2, 0) is 118 Å². The minimum atomic E-state index is -0.880. The molecule has 0 fully saturated rings. The van der Waals surface area contributed by atoms with Crippen LogP contribution in [0.3, 0.4) is 0 Å². The van der Waals surface area contributed by atoms with Gasteiger partial charge >= 0.3 is 5.97 Å². The lowest BCUT2D eigenvalue weighted by atomic mass is 10.5. The van der Waals surface area contributed by atoms with Crippen LogP contribution in [0.5, 0.6) is 0 Å². The van der Waals surface area contributed by atoms with Gasteiger partial charge in [0, 0.05) is 0 Å². The van der Waals surface area contributed by atoms with Gasteiger partial charge in [0.2, 0.25) is 0 Å². The highest BCUT2D eigenvalue weighted by molar-refractivity contribution is 5.66. The third-order valence-electron chi connectivity index (χ3n) is 9.20. The van der Waals surface area contributed by atoms with Gasteiger partial charge in [0.1, 0.15) is 6.61 Å². The van der Waals surface area contributed by atoms with Crippen LogP contribution in [0.4, 0.5) is 0 Å². The summed E-state index contributed by atoms with van der Waals surface area (Å²) in [7, 11) is 0. The number of ether oxygens (including phenoxy) is 24. The minimum Gasteiger partial charge on any atom is -0.481 e. The summed E-state index contributed by atoms with van der Waals surface area (Å²) in [5.41, 5.74) is 0. The maximum atomic E-state index is 10.4. The molecule has 0 aliphatic heterocycles. The Morgan fingerprint density at radius 3 is 0.410 bits per heavy atom. The Kier molecular flexibility index (Phi) is 71.3. The molecular formula is C52H100O26. The minimum absolute atomic E-state index is 0.00988. The Morgan fingerprint density at radius 2 is 0.308 bits per heavy atom. The summed E-state index contributed by atoms with van der Waals surface area (Å²) in [5.74, 6) is 1.52. The molecule has 0 saturated carbocycles. The Hall–Kier alpha value is -1.93. The molecule has 0 saturated heterocycles. The Bertz CT molecular complexity index is 1150. The SMILES string of the molecule is C#CCOCCOCCOCCOCCOCCOCCOCCOCCOCCOCCOCCOCCOCCOCCOCCOCCOCCOCCOCCOCCOCCOCCOCCOCCC(=O)O. The van der Waals surface area contributed by atoms with Gasteiger partial charge in [-0.05, 0) is 0 Å². The third kappa shape index (κ3) is 74.1. The fourth-order valence-corrected chi connectivity index (χ4v) is 5.35. The third-order valence-corrected chi connectivity index (χ3v) is 9.20. The van der Waals surface area contributed by atoms with Crippen molar-refractivity contribution in [1.82, 2.24) is 0 Å². The van der Waals surface area contributed by atoms with Gasteiger partial charge in [-0.15, -0.1) is 6.42 Å². The van der Waals surface area contributed by atoms with Crippen molar-refractivity contribution >= 4 is 5.97 Å². The molecule has 0 aromatic rings. The van der Waals surface area contributed by atoms with Crippen molar-refractivity contribution in [3.8, 4) is 12.3 Å². The number of hydrogen-bond acceptors (Lipinski definition) is 25. The van der Waals surface area contributed by atoms with Gasteiger partial charge in [0.15, 0.2) is 0 Å². The van der Waals surface area contributed by atoms with Gasteiger partial charge in [-0.25, -0.2) is 0 Å². The molecule has 0 radical (unpaired) electrons. The summed E-state index contributed by atoms with van der Waals surface area (Å²) >= 11 is 0. The average Bonchev–Trinajstić information content (AvgIpc) is 3.44. The van der Waals surface area contributed by atoms with Gasteiger partial charge in [-0.3, -0.25) is 4.79 Å². The van der Waals surface area contributed by atoms with E-state index in [1.165, 1.54) is 0 Å². The molecule has 0 atom stereocenters. The Balaban J connectivity index is 3.08. The first-order chi connectivity index (χ1) is 38.8. The van der Waals surface area contributed by atoms with Gasteiger partial charge in [0.25, 0.3) is 0 Å². The van der Waals surface area contributed by atoms with Gasteiger partial charge in [-0.2, -0.15) is 0 Å². The summed E-state index contributed by atoms with van der Waals surface area (Å²) in [6.07, 6.45) is 5.08. The topological polar surface area (TPSA) is 259 Å². The van der Waals surface area contributed by atoms with E-state index in [0.29, 0.717) is 311 Å². The number of hydrogen-bond donors (Lipinski definition) is 1. The molecule has 78 heavy (non-hydrogen) atoms. The average molecular weight is 1140 g/mol. The number of carboxylic acids is 1. The lowest BCUT2D eigenvalue weighted by molar-refractivity contribution is -0.138.